The maximum Gasteiger partial charge on any atom is 0.327 e. The first-order valence-electron chi connectivity index (χ1n) is 9.74. The zero-order valence-electron chi connectivity index (χ0n) is 16.3. The van der Waals surface area contributed by atoms with Gasteiger partial charge < -0.3 is 5.32 Å². The number of imide groups is 2. The molecule has 5 rings (SSSR count). The summed E-state index contributed by atoms with van der Waals surface area (Å²) in [5.41, 5.74) is 0.251. The van der Waals surface area contributed by atoms with E-state index in [9.17, 15) is 19.2 Å². The van der Waals surface area contributed by atoms with Gasteiger partial charge in [-0.15, -0.1) is 0 Å². The van der Waals surface area contributed by atoms with Gasteiger partial charge in [-0.1, -0.05) is 72.8 Å². The average Bonchev–Trinajstić information content (AvgIpc) is 3.21. The fourth-order valence-electron chi connectivity index (χ4n) is 4.15. The summed E-state index contributed by atoms with van der Waals surface area (Å²) in [4.78, 5) is 54.0. The van der Waals surface area contributed by atoms with Gasteiger partial charge in [0.05, 0.1) is 11.1 Å². The Kier molecular flexibility index (Phi) is 4.18. The van der Waals surface area contributed by atoms with Gasteiger partial charge >= 0.3 is 6.03 Å². The number of fused-ring (bicyclic) bond motifs is 1. The quantitative estimate of drug-likeness (QED) is 0.528. The van der Waals surface area contributed by atoms with E-state index in [0.29, 0.717) is 11.1 Å². The van der Waals surface area contributed by atoms with Crippen molar-refractivity contribution >= 4 is 23.8 Å². The van der Waals surface area contributed by atoms with Gasteiger partial charge in [0.1, 0.15) is 6.67 Å². The molecular formula is C24H17N3O4. The highest BCUT2D eigenvalue weighted by Crippen LogP contribution is 2.36. The molecule has 0 radical (unpaired) electrons. The molecule has 31 heavy (non-hydrogen) atoms. The van der Waals surface area contributed by atoms with Crippen LogP contribution >= 0.6 is 0 Å². The van der Waals surface area contributed by atoms with Crippen molar-refractivity contribution in [3.63, 3.8) is 0 Å². The highest BCUT2D eigenvalue weighted by molar-refractivity contribution is 6.21. The number of nitrogens with zero attached hydrogens (tertiary/aromatic N) is 2. The smallest absolute Gasteiger partial charge is 0.315 e. The largest absolute Gasteiger partial charge is 0.327 e. The number of rotatable bonds is 4. The molecule has 0 atom stereocenters. The number of hydrogen-bond donors (Lipinski definition) is 1. The second kappa shape index (κ2) is 6.91. The van der Waals surface area contributed by atoms with Crippen LogP contribution < -0.4 is 5.32 Å². The first-order chi connectivity index (χ1) is 15.0. The van der Waals surface area contributed by atoms with Gasteiger partial charge in [-0.05, 0) is 23.3 Å². The Hall–Kier alpha value is -4.26. The molecule has 7 heteroatoms. The van der Waals surface area contributed by atoms with E-state index in [1.54, 1.807) is 72.8 Å². The van der Waals surface area contributed by atoms with Gasteiger partial charge in [-0.2, -0.15) is 0 Å². The van der Waals surface area contributed by atoms with Crippen molar-refractivity contribution in [2.75, 3.05) is 6.67 Å². The lowest BCUT2D eigenvalue weighted by atomic mass is 9.83. The highest BCUT2D eigenvalue weighted by atomic mass is 16.2. The number of urea groups is 1. The van der Waals surface area contributed by atoms with E-state index in [0.717, 1.165) is 9.80 Å². The third kappa shape index (κ3) is 2.67. The molecule has 2 heterocycles. The summed E-state index contributed by atoms with van der Waals surface area (Å²) in [6.07, 6.45) is 0. The molecule has 3 aromatic carbocycles. The lowest BCUT2D eigenvalue weighted by Gasteiger charge is -2.28. The summed E-state index contributed by atoms with van der Waals surface area (Å²) >= 11 is 0. The Balaban J connectivity index is 1.54. The van der Waals surface area contributed by atoms with E-state index in [1.165, 1.54) is 0 Å². The summed E-state index contributed by atoms with van der Waals surface area (Å²) in [5.74, 6) is -1.61. The standard InChI is InChI=1S/C24H17N3O4/c28-20-18-13-7-8-14-19(18)21(29)26(20)15-27-22(30)24(25-23(27)31,16-9-3-1-4-10-16)17-11-5-2-6-12-17/h1-14H,15H2,(H,25,31). The van der Waals surface area contributed by atoms with Crippen molar-refractivity contribution in [2.24, 2.45) is 0 Å². The van der Waals surface area contributed by atoms with Crippen molar-refractivity contribution < 1.29 is 19.2 Å². The van der Waals surface area contributed by atoms with Crippen LogP contribution in [0.1, 0.15) is 31.8 Å². The Morgan fingerprint density at radius 1 is 0.613 bits per heavy atom. The number of nitrogens with one attached hydrogen (secondary N) is 1. The molecule has 3 aromatic rings. The maximum absolute atomic E-state index is 13.7. The van der Waals surface area contributed by atoms with Gasteiger partial charge in [-0.25, -0.2) is 9.69 Å². The molecular weight excluding hydrogens is 394 g/mol. The Bertz CT molecular complexity index is 1150. The van der Waals surface area contributed by atoms with Crippen molar-refractivity contribution in [3.05, 3.63) is 107 Å². The van der Waals surface area contributed by atoms with Gasteiger partial charge in [0.2, 0.25) is 0 Å². The van der Waals surface area contributed by atoms with Crippen LogP contribution in [-0.4, -0.2) is 40.2 Å². The van der Waals surface area contributed by atoms with Crippen molar-refractivity contribution in [1.29, 1.82) is 0 Å². The van der Waals surface area contributed by atoms with Gasteiger partial charge in [0, 0.05) is 0 Å². The lowest BCUT2D eigenvalue weighted by Crippen LogP contribution is -2.47. The third-order valence-electron chi connectivity index (χ3n) is 5.68. The number of carbonyl (C=O) groups excluding carboxylic acids is 4. The summed E-state index contributed by atoms with van der Waals surface area (Å²) in [7, 11) is 0. The number of hydrogen-bond acceptors (Lipinski definition) is 4. The predicted molar refractivity (Wildman–Crippen MR) is 111 cm³/mol. The van der Waals surface area contributed by atoms with Crippen LogP contribution in [0.2, 0.25) is 0 Å². The first-order valence-corrected chi connectivity index (χ1v) is 9.74. The summed E-state index contributed by atoms with van der Waals surface area (Å²) in [6.45, 7) is -0.460. The minimum absolute atomic E-state index is 0.261. The molecule has 0 aromatic heterocycles. The predicted octanol–water partition coefficient (Wildman–Crippen LogP) is 2.74. The molecule has 1 fully saturated rings. The molecule has 2 aliphatic heterocycles. The SMILES string of the molecule is O=C1NC(c2ccccc2)(c2ccccc2)C(=O)N1CN1C(=O)c2ccccc2C1=O. The number of benzene rings is 3. The van der Waals surface area contributed by atoms with E-state index in [4.69, 9.17) is 0 Å². The summed E-state index contributed by atoms with van der Waals surface area (Å²) < 4.78 is 0. The second-order valence-corrected chi connectivity index (χ2v) is 7.37. The summed E-state index contributed by atoms with van der Waals surface area (Å²) in [6, 6.07) is 23.6. The summed E-state index contributed by atoms with van der Waals surface area (Å²) in [5, 5.41) is 2.81. The van der Waals surface area contributed by atoms with Crippen LogP contribution in [0.15, 0.2) is 84.9 Å². The van der Waals surface area contributed by atoms with Crippen LogP contribution in [0.25, 0.3) is 0 Å². The van der Waals surface area contributed by atoms with Crippen LogP contribution in [0.4, 0.5) is 4.79 Å². The van der Waals surface area contributed by atoms with Crippen molar-refractivity contribution in [2.45, 2.75) is 5.54 Å². The topological polar surface area (TPSA) is 86.8 Å². The first kappa shape index (κ1) is 18.7. The molecule has 0 bridgehead atoms. The van der Waals surface area contributed by atoms with Crippen LogP contribution in [0.5, 0.6) is 0 Å². The third-order valence-corrected chi connectivity index (χ3v) is 5.68. The molecule has 0 unspecified atom stereocenters. The Morgan fingerprint density at radius 2 is 1.06 bits per heavy atom. The molecule has 0 aliphatic carbocycles. The fourth-order valence-corrected chi connectivity index (χ4v) is 4.15. The molecule has 1 N–H and O–H groups in total. The molecule has 0 saturated carbocycles. The van der Waals surface area contributed by atoms with E-state index >= 15 is 0 Å². The lowest BCUT2D eigenvalue weighted by molar-refractivity contribution is -0.131. The molecule has 0 spiro atoms. The highest BCUT2D eigenvalue weighted by Gasteiger charge is 2.55. The van der Waals surface area contributed by atoms with Crippen LogP contribution in [-0.2, 0) is 10.3 Å². The minimum atomic E-state index is -1.45. The molecule has 1 saturated heterocycles. The maximum atomic E-state index is 13.7. The monoisotopic (exact) mass is 411 g/mol. The molecule has 2 aliphatic rings. The van der Waals surface area contributed by atoms with Gasteiger partial charge in [-0.3, -0.25) is 19.3 Å². The van der Waals surface area contributed by atoms with Crippen molar-refractivity contribution in [1.82, 2.24) is 15.1 Å². The second-order valence-electron chi connectivity index (χ2n) is 7.37. The Morgan fingerprint density at radius 3 is 1.55 bits per heavy atom. The normalized spacial score (nSPS) is 17.2. The van der Waals surface area contributed by atoms with E-state index in [-0.39, 0.29) is 11.1 Å². The zero-order valence-corrected chi connectivity index (χ0v) is 16.3. The fraction of sp³-hybridized carbons (Fsp3) is 0.0833. The van der Waals surface area contributed by atoms with Crippen molar-refractivity contribution in [3.8, 4) is 0 Å². The van der Waals surface area contributed by atoms with E-state index in [2.05, 4.69) is 5.32 Å². The molecule has 5 amide bonds. The number of carbonyl (C=O) groups is 4. The number of amides is 5. The van der Waals surface area contributed by atoms with Gasteiger partial charge in [0.25, 0.3) is 17.7 Å². The van der Waals surface area contributed by atoms with Crippen LogP contribution in [0.3, 0.4) is 0 Å². The zero-order chi connectivity index (χ0) is 21.6. The molecule has 7 nitrogen and oxygen atoms in total. The minimum Gasteiger partial charge on any atom is -0.315 e. The van der Waals surface area contributed by atoms with E-state index in [1.807, 2.05) is 12.1 Å². The Labute approximate surface area is 177 Å². The average molecular weight is 411 g/mol. The van der Waals surface area contributed by atoms with Gasteiger partial charge in [0.15, 0.2) is 5.54 Å². The van der Waals surface area contributed by atoms with Crippen LogP contribution in [0, 0.1) is 0 Å². The van der Waals surface area contributed by atoms with E-state index < -0.39 is 36.0 Å². The molecule has 152 valence electrons.